The molecule has 1 heterocycles. The molecule has 9 heteroatoms. The molecule has 4 rings (SSSR count). The Balaban J connectivity index is 1.69. The van der Waals surface area contributed by atoms with E-state index in [4.69, 9.17) is 33.3 Å². The first-order chi connectivity index (χ1) is 16.9. The van der Waals surface area contributed by atoms with Gasteiger partial charge in [0.25, 0.3) is 5.91 Å². The zero-order valence-electron chi connectivity index (χ0n) is 18.6. The number of thiocarbonyl (C=S) groups is 1. The molecule has 3 aromatic carbocycles. The van der Waals surface area contributed by atoms with Gasteiger partial charge in [0.05, 0.1) is 12.8 Å². The van der Waals surface area contributed by atoms with Crippen LogP contribution in [0.3, 0.4) is 0 Å². The Morgan fingerprint density at radius 2 is 1.83 bits per heavy atom. The first-order valence-electron chi connectivity index (χ1n) is 10.5. The van der Waals surface area contributed by atoms with Crippen LogP contribution in [-0.4, -0.2) is 35.5 Å². The topological polar surface area (TPSA) is 59.1 Å². The van der Waals surface area contributed by atoms with Gasteiger partial charge in [-0.15, -0.1) is 0 Å². The smallest absolute Gasteiger partial charge is 0.325 e. The summed E-state index contributed by atoms with van der Waals surface area (Å²) in [6.45, 7) is -0.115. The highest BCUT2D eigenvalue weighted by Gasteiger charge is 2.40. The van der Waals surface area contributed by atoms with Crippen LogP contribution in [0.25, 0.3) is 6.08 Å². The largest absolute Gasteiger partial charge is 0.488 e. The number of rotatable bonds is 7. The second-order valence-electron chi connectivity index (χ2n) is 7.55. The summed E-state index contributed by atoms with van der Waals surface area (Å²) in [5.41, 5.74) is 1.94. The number of ether oxygens (including phenoxy) is 2. The molecule has 1 fully saturated rings. The van der Waals surface area contributed by atoms with Gasteiger partial charge in [-0.1, -0.05) is 41.9 Å². The molecular weight excluding hydrogens is 491 g/mol. The minimum absolute atomic E-state index is 0.132. The molecule has 0 N–H and O–H groups in total. The van der Waals surface area contributed by atoms with Gasteiger partial charge < -0.3 is 14.4 Å². The average molecular weight is 511 g/mol. The molecule has 1 aliphatic heterocycles. The Hall–Kier alpha value is -3.75. The summed E-state index contributed by atoms with van der Waals surface area (Å²) in [6.07, 6.45) is 1.61. The Bertz CT molecular complexity index is 1310. The van der Waals surface area contributed by atoms with Gasteiger partial charge in [-0.2, -0.15) is 0 Å². The van der Waals surface area contributed by atoms with Gasteiger partial charge in [0.2, 0.25) is 0 Å². The molecule has 0 unspecified atom stereocenters. The van der Waals surface area contributed by atoms with Crippen LogP contribution in [-0.2, 0) is 20.9 Å². The first kappa shape index (κ1) is 24.4. The SMILES string of the molecule is COC(=O)CN1C(=S)N(c2ccc(Cl)cc2)C(=O)/C1=C/c1ccccc1OCc1cccc(F)c1. The maximum atomic E-state index is 13.5. The maximum Gasteiger partial charge on any atom is 0.325 e. The van der Waals surface area contributed by atoms with Crippen molar-refractivity contribution in [3.63, 3.8) is 0 Å². The third kappa shape index (κ3) is 5.50. The number of amides is 1. The number of anilines is 1. The number of hydrogen-bond donors (Lipinski definition) is 0. The van der Waals surface area contributed by atoms with Gasteiger partial charge in [-0.25, -0.2) is 4.39 Å². The molecule has 0 bridgehead atoms. The summed E-state index contributed by atoms with van der Waals surface area (Å²) in [6, 6.07) is 19.8. The molecule has 0 aromatic heterocycles. The fourth-order valence-corrected chi connectivity index (χ4v) is 3.99. The molecule has 0 aliphatic carbocycles. The fraction of sp³-hybridized carbons (Fsp3) is 0.115. The summed E-state index contributed by atoms with van der Waals surface area (Å²) in [5.74, 6) is -0.848. The molecular formula is C26H20ClFN2O4S. The third-order valence-electron chi connectivity index (χ3n) is 5.23. The summed E-state index contributed by atoms with van der Waals surface area (Å²) in [7, 11) is 1.26. The van der Waals surface area contributed by atoms with Crippen LogP contribution in [0.5, 0.6) is 5.75 Å². The van der Waals surface area contributed by atoms with E-state index in [0.29, 0.717) is 27.6 Å². The molecule has 1 amide bonds. The van der Waals surface area contributed by atoms with Crippen LogP contribution in [0.1, 0.15) is 11.1 Å². The number of halogens is 2. The number of para-hydroxylation sites is 1. The summed E-state index contributed by atoms with van der Waals surface area (Å²) >= 11 is 11.5. The van der Waals surface area contributed by atoms with E-state index in [1.807, 2.05) is 0 Å². The second-order valence-corrected chi connectivity index (χ2v) is 8.35. The van der Waals surface area contributed by atoms with Gasteiger partial charge in [0, 0.05) is 10.6 Å². The molecule has 6 nitrogen and oxygen atoms in total. The number of carbonyl (C=O) groups excluding carboxylic acids is 2. The van der Waals surface area contributed by atoms with Crippen LogP contribution in [0.2, 0.25) is 5.02 Å². The zero-order chi connectivity index (χ0) is 24.9. The molecule has 0 saturated carbocycles. The highest BCUT2D eigenvalue weighted by atomic mass is 35.5. The number of esters is 1. The monoisotopic (exact) mass is 510 g/mol. The summed E-state index contributed by atoms with van der Waals surface area (Å²) in [4.78, 5) is 28.3. The van der Waals surface area contributed by atoms with Gasteiger partial charge in [-0.05, 0) is 66.3 Å². The summed E-state index contributed by atoms with van der Waals surface area (Å²) < 4.78 is 24.2. The van der Waals surface area contributed by atoms with Crippen LogP contribution in [0, 0.1) is 5.82 Å². The van der Waals surface area contributed by atoms with E-state index >= 15 is 0 Å². The molecule has 0 atom stereocenters. The number of benzene rings is 3. The van der Waals surface area contributed by atoms with Crippen molar-refractivity contribution in [3.8, 4) is 5.75 Å². The van der Waals surface area contributed by atoms with Gasteiger partial charge in [-0.3, -0.25) is 14.5 Å². The van der Waals surface area contributed by atoms with Crippen molar-refractivity contribution >= 4 is 52.6 Å². The minimum Gasteiger partial charge on any atom is -0.488 e. The number of methoxy groups -OCH3 is 1. The van der Waals surface area contributed by atoms with Crippen molar-refractivity contribution in [2.24, 2.45) is 0 Å². The Kier molecular flexibility index (Phi) is 7.43. The minimum atomic E-state index is -0.556. The zero-order valence-corrected chi connectivity index (χ0v) is 20.2. The molecule has 0 spiro atoms. The van der Waals surface area contributed by atoms with Crippen molar-refractivity contribution in [3.05, 3.63) is 100 Å². The quantitative estimate of drug-likeness (QED) is 0.247. The predicted molar refractivity (Wildman–Crippen MR) is 135 cm³/mol. The van der Waals surface area contributed by atoms with E-state index in [9.17, 15) is 14.0 Å². The molecule has 0 radical (unpaired) electrons. The highest BCUT2D eigenvalue weighted by Crippen LogP contribution is 2.31. The van der Waals surface area contributed by atoms with Crippen molar-refractivity contribution in [2.75, 3.05) is 18.6 Å². The predicted octanol–water partition coefficient (Wildman–Crippen LogP) is 5.21. The molecule has 35 heavy (non-hydrogen) atoms. The summed E-state index contributed by atoms with van der Waals surface area (Å²) in [5, 5.41) is 0.644. The second kappa shape index (κ2) is 10.7. The van der Waals surface area contributed by atoms with Gasteiger partial charge in [0.1, 0.15) is 30.4 Å². The Labute approximate surface area is 212 Å². The lowest BCUT2D eigenvalue weighted by Gasteiger charge is -2.19. The molecule has 3 aromatic rings. The Morgan fingerprint density at radius 1 is 1.09 bits per heavy atom. The normalized spacial score (nSPS) is 14.5. The van der Waals surface area contributed by atoms with Crippen LogP contribution >= 0.6 is 23.8 Å². The highest BCUT2D eigenvalue weighted by molar-refractivity contribution is 7.80. The van der Waals surface area contributed by atoms with E-state index in [1.165, 1.54) is 29.0 Å². The van der Waals surface area contributed by atoms with Crippen LogP contribution < -0.4 is 9.64 Å². The third-order valence-corrected chi connectivity index (χ3v) is 5.88. The lowest BCUT2D eigenvalue weighted by Crippen LogP contribution is -2.35. The molecule has 1 saturated heterocycles. The van der Waals surface area contributed by atoms with E-state index in [-0.39, 0.29) is 29.8 Å². The van der Waals surface area contributed by atoms with E-state index < -0.39 is 11.9 Å². The van der Waals surface area contributed by atoms with E-state index in [2.05, 4.69) is 0 Å². The fourth-order valence-electron chi connectivity index (χ4n) is 3.51. The maximum absolute atomic E-state index is 13.5. The van der Waals surface area contributed by atoms with Crippen molar-refractivity contribution in [1.82, 2.24) is 4.90 Å². The van der Waals surface area contributed by atoms with Crippen molar-refractivity contribution < 1.29 is 23.5 Å². The van der Waals surface area contributed by atoms with E-state index in [0.717, 1.165) is 0 Å². The molecule has 1 aliphatic rings. The lowest BCUT2D eigenvalue weighted by atomic mass is 10.1. The van der Waals surface area contributed by atoms with Gasteiger partial charge >= 0.3 is 5.97 Å². The lowest BCUT2D eigenvalue weighted by molar-refractivity contribution is -0.140. The number of carbonyl (C=O) groups is 2. The van der Waals surface area contributed by atoms with Crippen LogP contribution in [0.15, 0.2) is 78.5 Å². The van der Waals surface area contributed by atoms with Crippen molar-refractivity contribution in [1.29, 1.82) is 0 Å². The Morgan fingerprint density at radius 3 is 2.54 bits per heavy atom. The number of nitrogens with zero attached hydrogens (tertiary/aromatic N) is 2. The van der Waals surface area contributed by atoms with Gasteiger partial charge in [0.15, 0.2) is 5.11 Å². The van der Waals surface area contributed by atoms with Crippen LogP contribution in [0.4, 0.5) is 10.1 Å². The average Bonchev–Trinajstić information content (AvgIpc) is 3.08. The van der Waals surface area contributed by atoms with E-state index in [1.54, 1.807) is 66.7 Å². The first-order valence-corrected chi connectivity index (χ1v) is 11.3. The van der Waals surface area contributed by atoms with Crippen molar-refractivity contribution in [2.45, 2.75) is 6.61 Å². The standard InChI is InChI=1S/C26H20ClFN2O4S/c1-33-24(31)15-29-22(25(32)30(26(29)35)21-11-9-19(27)10-12-21)14-18-6-2-3-8-23(18)34-16-17-5-4-7-20(28)13-17/h2-14H,15-16H2,1H3/b22-14-. The number of hydrogen-bond acceptors (Lipinski definition) is 5. The molecule has 178 valence electrons.